The molecular formula is C18H24NO2+. The molecule has 3 heteroatoms. The molecule has 0 aromatic carbocycles. The van der Waals surface area contributed by atoms with Gasteiger partial charge in [0.2, 0.25) is 0 Å². The molecule has 0 unspecified atom stereocenters. The van der Waals surface area contributed by atoms with Gasteiger partial charge >= 0.3 is 18.1 Å². The zero-order valence-corrected chi connectivity index (χ0v) is 13.2. The van der Waals surface area contributed by atoms with Gasteiger partial charge in [0.25, 0.3) is 0 Å². The first kappa shape index (κ1) is 17.0. The number of ether oxygens (including phenoxy) is 1. The summed E-state index contributed by atoms with van der Waals surface area (Å²) in [5.41, 5.74) is 2.72. The Labute approximate surface area is 127 Å². The Morgan fingerprint density at radius 2 is 2.19 bits per heavy atom. The first-order valence-electron chi connectivity index (χ1n) is 7.54. The lowest BCUT2D eigenvalue weighted by Gasteiger charge is -1.98. The van der Waals surface area contributed by atoms with Crippen LogP contribution in [0.25, 0.3) is 0 Å². The highest BCUT2D eigenvalue weighted by Gasteiger charge is 2.15. The molecule has 1 aliphatic rings. The van der Waals surface area contributed by atoms with Crippen molar-refractivity contribution < 1.29 is 9.53 Å². The predicted molar refractivity (Wildman–Crippen MR) is 88.5 cm³/mol. The summed E-state index contributed by atoms with van der Waals surface area (Å²) in [5.74, 6) is 2.28. The van der Waals surface area contributed by atoms with E-state index < -0.39 is 0 Å². The molecule has 0 aromatic heterocycles. The molecule has 0 saturated carbocycles. The summed E-state index contributed by atoms with van der Waals surface area (Å²) >= 11 is 0. The molecule has 1 heterocycles. The van der Waals surface area contributed by atoms with Crippen molar-refractivity contribution in [3.63, 3.8) is 0 Å². The van der Waals surface area contributed by atoms with Crippen molar-refractivity contribution in [3.05, 3.63) is 41.0 Å². The average Bonchev–Trinajstić information content (AvgIpc) is 2.48. The van der Waals surface area contributed by atoms with Crippen LogP contribution in [-0.4, -0.2) is 24.7 Å². The fraction of sp³-hybridized carbons (Fsp3) is 0.444. The lowest BCUT2D eigenvalue weighted by atomic mass is 10.1. The second-order valence-corrected chi connectivity index (χ2v) is 4.93. The fourth-order valence-electron chi connectivity index (χ4n) is 1.96. The largest absolute Gasteiger partial charge is 0.462 e. The van der Waals surface area contributed by atoms with E-state index in [1.165, 1.54) is 18.4 Å². The molecule has 0 spiro atoms. The Morgan fingerprint density at radius 3 is 2.90 bits per heavy atom. The van der Waals surface area contributed by atoms with Gasteiger partial charge in [-0.15, -0.1) is 0 Å². The first-order chi connectivity index (χ1) is 10.2. The van der Waals surface area contributed by atoms with Gasteiger partial charge < -0.3 is 4.74 Å². The zero-order chi connectivity index (χ0) is 15.5. The molecule has 0 saturated heterocycles. The van der Waals surface area contributed by atoms with E-state index in [4.69, 9.17) is 4.74 Å². The quantitative estimate of drug-likeness (QED) is 0.297. The summed E-state index contributed by atoms with van der Waals surface area (Å²) in [6, 6.07) is 0. The van der Waals surface area contributed by atoms with Crippen LogP contribution in [0.2, 0.25) is 0 Å². The van der Waals surface area contributed by atoms with E-state index in [1.807, 2.05) is 6.08 Å². The second kappa shape index (κ2) is 9.77. The van der Waals surface area contributed by atoms with E-state index in [0.29, 0.717) is 12.2 Å². The van der Waals surface area contributed by atoms with Gasteiger partial charge in [0, 0.05) is 0 Å². The van der Waals surface area contributed by atoms with Crippen LogP contribution < -0.4 is 4.67 Å². The van der Waals surface area contributed by atoms with Crippen LogP contribution in [0.1, 0.15) is 46.5 Å². The normalized spacial score (nSPS) is 14.3. The Kier molecular flexibility index (Phi) is 7.89. The number of hydrogen-bond donors (Lipinski definition) is 0. The molecule has 3 nitrogen and oxygen atoms in total. The number of carbonyl (C=O) groups excluding carboxylic acids is 1. The average molecular weight is 286 g/mol. The lowest BCUT2D eigenvalue weighted by molar-refractivity contribution is -0.137. The first-order valence-corrected chi connectivity index (χ1v) is 7.54. The topological polar surface area (TPSA) is 40.4 Å². The van der Waals surface area contributed by atoms with Crippen LogP contribution in [0.5, 0.6) is 0 Å². The number of nitrogens with zero attached hydrogens (tertiary/aromatic N) is 1. The maximum absolute atomic E-state index is 11.6. The second-order valence-electron chi connectivity index (χ2n) is 4.93. The van der Waals surface area contributed by atoms with Gasteiger partial charge in [-0.25, -0.2) is 4.79 Å². The third kappa shape index (κ3) is 6.76. The van der Waals surface area contributed by atoms with Gasteiger partial charge in [0.05, 0.1) is 12.2 Å². The maximum atomic E-state index is 11.6. The molecule has 0 N–H and O–H groups in total. The third-order valence-corrected chi connectivity index (χ3v) is 2.99. The van der Waals surface area contributed by atoms with Crippen LogP contribution in [0, 0.1) is 0 Å². The van der Waals surface area contributed by atoms with E-state index in [1.54, 1.807) is 19.2 Å². The minimum atomic E-state index is -0.377. The maximum Gasteiger partial charge on any atom is 0.353 e. The van der Waals surface area contributed by atoms with Crippen molar-refractivity contribution in [2.75, 3.05) is 6.61 Å². The number of carbonyl (C=O) groups is 1. The van der Waals surface area contributed by atoms with Gasteiger partial charge in [-0.2, -0.15) is 0 Å². The molecular weight excluding hydrogens is 262 g/mol. The summed E-state index contributed by atoms with van der Waals surface area (Å²) in [6.45, 7) is 6.51. The minimum Gasteiger partial charge on any atom is -0.462 e. The van der Waals surface area contributed by atoms with Crippen LogP contribution in [-0.2, 0) is 9.53 Å². The van der Waals surface area contributed by atoms with Crippen molar-refractivity contribution in [3.8, 4) is 0 Å². The summed E-state index contributed by atoms with van der Waals surface area (Å²) in [5, 5.41) is 0. The molecule has 0 radical (unpaired) electrons. The van der Waals surface area contributed by atoms with Crippen LogP contribution >= 0.6 is 0 Å². The SMILES string of the molecule is CCC/C(C)=C\CC/C=C/C1=CC(C(=O)OCC)=C=[N+]=C1. The Bertz CT molecular complexity index is 552. The highest BCUT2D eigenvalue weighted by molar-refractivity contribution is 6.04. The van der Waals surface area contributed by atoms with Gasteiger partial charge in [0.15, 0.2) is 5.57 Å². The number of hydrogen-bond acceptors (Lipinski definition) is 2. The monoisotopic (exact) mass is 286 g/mol. The highest BCUT2D eigenvalue weighted by Crippen LogP contribution is 2.08. The molecule has 21 heavy (non-hydrogen) atoms. The van der Waals surface area contributed by atoms with Crippen LogP contribution in [0.15, 0.2) is 41.0 Å². The molecule has 0 aromatic rings. The highest BCUT2D eigenvalue weighted by atomic mass is 16.5. The fourth-order valence-corrected chi connectivity index (χ4v) is 1.96. The van der Waals surface area contributed by atoms with E-state index in [2.05, 4.69) is 36.5 Å². The number of esters is 1. The van der Waals surface area contributed by atoms with Gasteiger partial charge in [-0.3, -0.25) is 0 Å². The van der Waals surface area contributed by atoms with Crippen molar-refractivity contribution >= 4 is 18.1 Å². The van der Waals surface area contributed by atoms with Crippen molar-refractivity contribution in [1.82, 2.24) is 4.67 Å². The smallest absolute Gasteiger partial charge is 0.353 e. The summed E-state index contributed by atoms with van der Waals surface area (Å²) in [6.07, 6.45) is 14.2. The number of allylic oxidation sites excluding steroid dienone is 5. The van der Waals surface area contributed by atoms with E-state index in [9.17, 15) is 4.79 Å². The molecule has 1 aliphatic heterocycles. The zero-order valence-electron chi connectivity index (χ0n) is 13.2. The van der Waals surface area contributed by atoms with Crippen molar-refractivity contribution in [2.45, 2.75) is 46.5 Å². The molecule has 112 valence electrons. The predicted octanol–water partition coefficient (Wildman–Crippen LogP) is 3.31. The summed E-state index contributed by atoms with van der Waals surface area (Å²) < 4.78 is 8.88. The van der Waals surface area contributed by atoms with Crippen LogP contribution in [0.4, 0.5) is 0 Å². The standard InChI is InChI=1S/C18H24NO2/c1-4-9-15(3)10-7-6-8-11-16-12-17(14-19-13-16)18(20)21-5-2/h8,10-13H,4-7,9H2,1-3H3/q+1/b11-8+,15-10-. The Balaban J connectivity index is 2.48. The molecule has 0 fully saturated rings. The number of rotatable bonds is 8. The lowest BCUT2D eigenvalue weighted by Crippen LogP contribution is -2.09. The van der Waals surface area contributed by atoms with E-state index >= 15 is 0 Å². The Hall–Kier alpha value is -2.08. The third-order valence-electron chi connectivity index (χ3n) is 2.99. The Morgan fingerprint density at radius 1 is 1.38 bits per heavy atom. The molecule has 0 aliphatic carbocycles. The van der Waals surface area contributed by atoms with E-state index in [-0.39, 0.29) is 5.97 Å². The minimum absolute atomic E-state index is 0.357. The van der Waals surface area contributed by atoms with Gasteiger partial charge in [0.1, 0.15) is 0 Å². The summed E-state index contributed by atoms with van der Waals surface area (Å²) in [4.78, 5) is 11.6. The number of unbranched alkanes of at least 4 members (excludes halogenated alkanes) is 1. The van der Waals surface area contributed by atoms with Gasteiger partial charge in [-0.05, 0) is 43.9 Å². The van der Waals surface area contributed by atoms with Crippen molar-refractivity contribution in [1.29, 1.82) is 0 Å². The van der Waals surface area contributed by atoms with Crippen LogP contribution in [0.3, 0.4) is 0 Å². The molecule has 0 atom stereocenters. The molecule has 1 rings (SSSR count). The summed E-state index contributed by atoms with van der Waals surface area (Å²) in [7, 11) is 0. The van der Waals surface area contributed by atoms with Crippen molar-refractivity contribution in [2.24, 2.45) is 0 Å². The molecule has 0 bridgehead atoms. The van der Waals surface area contributed by atoms with E-state index in [0.717, 1.165) is 18.4 Å². The van der Waals surface area contributed by atoms with Gasteiger partial charge in [-0.1, -0.05) is 37.1 Å². The molecule has 0 amide bonds.